The zero-order valence-corrected chi connectivity index (χ0v) is 10.2. The molecule has 0 aliphatic carbocycles. The van der Waals surface area contributed by atoms with Crippen molar-refractivity contribution in [2.24, 2.45) is 0 Å². The molecule has 0 aliphatic rings. The highest BCUT2D eigenvalue weighted by Crippen LogP contribution is 2.25. The van der Waals surface area contributed by atoms with E-state index >= 15 is 0 Å². The smallest absolute Gasteiger partial charge is 0.183 e. The molecule has 2 aromatic heterocycles. The van der Waals surface area contributed by atoms with Crippen LogP contribution in [0.2, 0.25) is 10.0 Å². The Morgan fingerprint density at radius 3 is 2.65 bits per heavy atom. The van der Waals surface area contributed by atoms with Crippen LogP contribution in [-0.2, 0) is 0 Å². The minimum Gasteiger partial charge on any atom is -0.219 e. The predicted octanol–water partition coefficient (Wildman–Crippen LogP) is 3.70. The summed E-state index contributed by atoms with van der Waals surface area (Å²) in [6, 6.07) is 11.1. The van der Waals surface area contributed by atoms with E-state index in [9.17, 15) is 0 Å². The van der Waals surface area contributed by atoms with Crippen molar-refractivity contribution < 1.29 is 0 Å². The van der Waals surface area contributed by atoms with E-state index in [0.717, 1.165) is 11.2 Å². The lowest BCUT2D eigenvalue weighted by Crippen LogP contribution is -1.86. The van der Waals surface area contributed by atoms with Crippen molar-refractivity contribution in [2.45, 2.75) is 0 Å². The van der Waals surface area contributed by atoms with Crippen molar-refractivity contribution in [3.8, 4) is 11.4 Å². The molecular weight excluding hydrogens is 257 g/mol. The lowest BCUT2D eigenvalue weighted by atomic mass is 10.2. The zero-order chi connectivity index (χ0) is 11.8. The molecule has 3 aromatic rings. The molecule has 5 heteroatoms. The van der Waals surface area contributed by atoms with Gasteiger partial charge in [-0.25, -0.2) is 9.50 Å². The van der Waals surface area contributed by atoms with Gasteiger partial charge in [-0.3, -0.25) is 0 Å². The third kappa shape index (κ3) is 1.88. The summed E-state index contributed by atoms with van der Waals surface area (Å²) in [7, 11) is 0. The second-order valence-electron chi connectivity index (χ2n) is 3.57. The predicted molar refractivity (Wildman–Crippen MR) is 68.4 cm³/mol. The van der Waals surface area contributed by atoms with E-state index in [1.807, 2.05) is 30.3 Å². The van der Waals surface area contributed by atoms with Gasteiger partial charge in [0.05, 0.1) is 10.0 Å². The second kappa shape index (κ2) is 4.02. The summed E-state index contributed by atoms with van der Waals surface area (Å²) in [5.74, 6) is 0.595. The van der Waals surface area contributed by atoms with E-state index in [1.165, 1.54) is 0 Å². The van der Waals surface area contributed by atoms with Gasteiger partial charge in [0.1, 0.15) is 0 Å². The Morgan fingerprint density at radius 2 is 1.82 bits per heavy atom. The molecule has 0 bridgehead atoms. The standard InChI is InChI=1S/C12H7Cl2N3/c13-8-5-6-11-15-12(16-17(11)7-8)9-3-1-2-4-10(9)14/h1-7H. The van der Waals surface area contributed by atoms with Crippen LogP contribution < -0.4 is 0 Å². The van der Waals surface area contributed by atoms with Crippen LogP contribution in [-0.4, -0.2) is 14.6 Å². The maximum Gasteiger partial charge on any atom is 0.183 e. The lowest BCUT2D eigenvalue weighted by molar-refractivity contribution is 0.966. The van der Waals surface area contributed by atoms with Crippen LogP contribution in [0, 0.1) is 0 Å². The molecule has 1 aromatic carbocycles. The first-order valence-electron chi connectivity index (χ1n) is 5.01. The van der Waals surface area contributed by atoms with Crippen LogP contribution in [0.5, 0.6) is 0 Å². The van der Waals surface area contributed by atoms with Gasteiger partial charge in [0, 0.05) is 11.8 Å². The molecule has 3 nitrogen and oxygen atoms in total. The SMILES string of the molecule is Clc1ccc2nc(-c3ccccc3Cl)nn2c1. The number of hydrogen-bond acceptors (Lipinski definition) is 2. The largest absolute Gasteiger partial charge is 0.219 e. The Kier molecular flexibility index (Phi) is 2.50. The first kappa shape index (κ1) is 10.6. The molecule has 84 valence electrons. The van der Waals surface area contributed by atoms with Crippen LogP contribution in [0.1, 0.15) is 0 Å². The third-order valence-electron chi connectivity index (χ3n) is 2.41. The van der Waals surface area contributed by atoms with Crippen molar-refractivity contribution >= 4 is 28.8 Å². The van der Waals surface area contributed by atoms with Gasteiger partial charge < -0.3 is 0 Å². The minimum atomic E-state index is 0.595. The maximum absolute atomic E-state index is 6.10. The van der Waals surface area contributed by atoms with Crippen LogP contribution in [0.15, 0.2) is 42.6 Å². The van der Waals surface area contributed by atoms with Crippen molar-refractivity contribution in [2.75, 3.05) is 0 Å². The summed E-state index contributed by atoms with van der Waals surface area (Å²) >= 11 is 12.0. The van der Waals surface area contributed by atoms with Gasteiger partial charge in [0.2, 0.25) is 0 Å². The number of hydrogen-bond donors (Lipinski definition) is 0. The summed E-state index contributed by atoms with van der Waals surface area (Å²) < 4.78 is 1.64. The number of benzene rings is 1. The molecule has 0 unspecified atom stereocenters. The number of pyridine rings is 1. The molecule has 17 heavy (non-hydrogen) atoms. The van der Waals surface area contributed by atoms with Crippen molar-refractivity contribution in [1.82, 2.24) is 14.6 Å². The molecule has 0 fully saturated rings. The molecule has 0 amide bonds. The molecule has 2 heterocycles. The third-order valence-corrected chi connectivity index (χ3v) is 2.96. The van der Waals surface area contributed by atoms with E-state index in [0.29, 0.717) is 15.9 Å². The van der Waals surface area contributed by atoms with E-state index in [2.05, 4.69) is 10.1 Å². The summed E-state index contributed by atoms with van der Waals surface area (Å²) in [6.45, 7) is 0. The highest BCUT2D eigenvalue weighted by atomic mass is 35.5. The molecule has 0 saturated heterocycles. The first-order valence-corrected chi connectivity index (χ1v) is 5.76. The summed E-state index contributed by atoms with van der Waals surface area (Å²) in [5, 5.41) is 5.59. The number of fused-ring (bicyclic) bond motifs is 1. The quantitative estimate of drug-likeness (QED) is 0.670. The van der Waals surface area contributed by atoms with E-state index in [4.69, 9.17) is 23.2 Å². The van der Waals surface area contributed by atoms with E-state index < -0.39 is 0 Å². The van der Waals surface area contributed by atoms with Crippen LogP contribution in [0.3, 0.4) is 0 Å². The Labute approximate surface area is 108 Å². The molecule has 0 saturated carbocycles. The van der Waals surface area contributed by atoms with Crippen molar-refractivity contribution in [1.29, 1.82) is 0 Å². The maximum atomic E-state index is 6.10. The lowest BCUT2D eigenvalue weighted by Gasteiger charge is -1.96. The average molecular weight is 264 g/mol. The Bertz CT molecular complexity index is 691. The average Bonchev–Trinajstić information content (AvgIpc) is 2.72. The zero-order valence-electron chi connectivity index (χ0n) is 8.64. The Balaban J connectivity index is 2.22. The van der Waals surface area contributed by atoms with E-state index in [1.54, 1.807) is 16.8 Å². The van der Waals surface area contributed by atoms with Crippen LogP contribution >= 0.6 is 23.2 Å². The Morgan fingerprint density at radius 1 is 1.00 bits per heavy atom. The molecule has 0 N–H and O–H groups in total. The highest BCUT2D eigenvalue weighted by Gasteiger charge is 2.09. The summed E-state index contributed by atoms with van der Waals surface area (Å²) in [4.78, 5) is 4.39. The van der Waals surface area contributed by atoms with Gasteiger partial charge in [-0.05, 0) is 24.3 Å². The monoisotopic (exact) mass is 263 g/mol. The summed E-state index contributed by atoms with van der Waals surface area (Å²) in [5.41, 5.74) is 1.55. The molecular formula is C12H7Cl2N3. The van der Waals surface area contributed by atoms with Crippen molar-refractivity contribution in [3.63, 3.8) is 0 Å². The fourth-order valence-corrected chi connectivity index (χ4v) is 1.99. The number of aromatic nitrogens is 3. The highest BCUT2D eigenvalue weighted by molar-refractivity contribution is 6.33. The second-order valence-corrected chi connectivity index (χ2v) is 4.41. The van der Waals surface area contributed by atoms with Crippen LogP contribution in [0.4, 0.5) is 0 Å². The molecule has 0 spiro atoms. The first-order chi connectivity index (χ1) is 8.24. The molecule has 3 rings (SSSR count). The van der Waals surface area contributed by atoms with E-state index in [-0.39, 0.29) is 0 Å². The fraction of sp³-hybridized carbons (Fsp3) is 0. The fourth-order valence-electron chi connectivity index (χ4n) is 1.61. The Hall–Kier alpha value is -1.58. The summed E-state index contributed by atoms with van der Waals surface area (Å²) in [6.07, 6.45) is 1.71. The van der Waals surface area contributed by atoms with Gasteiger partial charge in [-0.15, -0.1) is 5.10 Å². The van der Waals surface area contributed by atoms with Gasteiger partial charge in [-0.2, -0.15) is 0 Å². The molecule has 0 atom stereocenters. The topological polar surface area (TPSA) is 30.2 Å². The molecule has 0 aliphatic heterocycles. The number of rotatable bonds is 1. The number of nitrogens with zero attached hydrogens (tertiary/aromatic N) is 3. The van der Waals surface area contributed by atoms with Gasteiger partial charge in [0.25, 0.3) is 0 Å². The van der Waals surface area contributed by atoms with Gasteiger partial charge in [0.15, 0.2) is 11.5 Å². The van der Waals surface area contributed by atoms with Crippen LogP contribution in [0.25, 0.3) is 17.0 Å². The molecule has 0 radical (unpaired) electrons. The van der Waals surface area contributed by atoms with Gasteiger partial charge >= 0.3 is 0 Å². The normalized spacial score (nSPS) is 10.9. The van der Waals surface area contributed by atoms with Gasteiger partial charge in [-0.1, -0.05) is 35.3 Å². The number of halogens is 2. The van der Waals surface area contributed by atoms with Crippen molar-refractivity contribution in [3.05, 3.63) is 52.6 Å². The minimum absolute atomic E-state index is 0.595.